The van der Waals surface area contributed by atoms with E-state index < -0.39 is 10.0 Å². The molecule has 3 atom stereocenters. The van der Waals surface area contributed by atoms with E-state index in [1.54, 1.807) is 16.4 Å². The van der Waals surface area contributed by atoms with Crippen LogP contribution in [0.15, 0.2) is 77.7 Å². The van der Waals surface area contributed by atoms with Gasteiger partial charge in [-0.1, -0.05) is 66.2 Å². The van der Waals surface area contributed by atoms with Crippen molar-refractivity contribution in [1.82, 2.24) is 9.21 Å². The van der Waals surface area contributed by atoms with Crippen molar-refractivity contribution in [2.45, 2.75) is 49.6 Å². The van der Waals surface area contributed by atoms with Gasteiger partial charge in [0.15, 0.2) is 0 Å². The molecule has 0 radical (unpaired) electrons. The number of aliphatic hydroxyl groups is 1. The summed E-state index contributed by atoms with van der Waals surface area (Å²) in [6.45, 7) is 5.95. The minimum Gasteiger partial charge on any atom is -0.395 e. The first-order valence-corrected chi connectivity index (χ1v) is 13.9. The van der Waals surface area contributed by atoms with Crippen molar-refractivity contribution in [3.63, 3.8) is 0 Å². The predicted octanol–water partition coefficient (Wildman–Crippen LogP) is 4.58. The van der Waals surface area contributed by atoms with Gasteiger partial charge in [0.05, 0.1) is 11.5 Å². The monoisotopic (exact) mass is 490 g/mol. The molecule has 0 spiro atoms. The van der Waals surface area contributed by atoms with Crippen LogP contribution in [0.1, 0.15) is 35.4 Å². The molecule has 1 N–H and O–H groups in total. The molecule has 0 aromatic heterocycles. The van der Waals surface area contributed by atoms with E-state index in [1.807, 2.05) is 19.1 Å². The zero-order valence-electron chi connectivity index (χ0n) is 20.5. The van der Waals surface area contributed by atoms with Crippen molar-refractivity contribution in [3.8, 4) is 11.1 Å². The molecule has 5 nitrogen and oxygen atoms in total. The highest BCUT2D eigenvalue weighted by Gasteiger charge is 2.50. The summed E-state index contributed by atoms with van der Waals surface area (Å²) in [7, 11) is -3.58. The summed E-state index contributed by atoms with van der Waals surface area (Å²) in [5.41, 5.74) is 5.68. The molecule has 0 unspecified atom stereocenters. The third-order valence-electron chi connectivity index (χ3n) is 7.64. The lowest BCUT2D eigenvalue weighted by Gasteiger charge is -2.57. The Hall–Kier alpha value is -2.51. The van der Waals surface area contributed by atoms with Gasteiger partial charge in [-0.05, 0) is 67.6 Å². The molecule has 0 amide bonds. The van der Waals surface area contributed by atoms with Crippen LogP contribution in [0.3, 0.4) is 0 Å². The van der Waals surface area contributed by atoms with Gasteiger partial charge in [0.1, 0.15) is 0 Å². The molecule has 2 aliphatic heterocycles. The molecular formula is C29H34N2O3S. The summed E-state index contributed by atoms with van der Waals surface area (Å²) in [6, 6.07) is 24.3. The van der Waals surface area contributed by atoms with Gasteiger partial charge in [-0.2, -0.15) is 4.31 Å². The minimum atomic E-state index is -3.58. The van der Waals surface area contributed by atoms with Crippen LogP contribution in [0, 0.1) is 13.8 Å². The van der Waals surface area contributed by atoms with Crippen LogP contribution in [0.2, 0.25) is 0 Å². The first kappa shape index (κ1) is 24.2. The molecule has 3 aromatic carbocycles. The molecule has 2 heterocycles. The minimum absolute atomic E-state index is 0.0202. The van der Waals surface area contributed by atoms with Crippen LogP contribution in [0.5, 0.6) is 0 Å². The second-order valence-electron chi connectivity index (χ2n) is 9.96. The molecule has 3 aromatic rings. The number of hydrogen-bond acceptors (Lipinski definition) is 4. The molecule has 0 aliphatic carbocycles. The first-order chi connectivity index (χ1) is 16.9. The maximum absolute atomic E-state index is 13.6. The summed E-state index contributed by atoms with van der Waals surface area (Å²) in [5.74, 6) is 0.0976. The van der Waals surface area contributed by atoms with Crippen LogP contribution < -0.4 is 0 Å². The van der Waals surface area contributed by atoms with Gasteiger partial charge in [-0.15, -0.1) is 0 Å². The summed E-state index contributed by atoms with van der Waals surface area (Å²) < 4.78 is 28.8. The fourth-order valence-electron chi connectivity index (χ4n) is 5.70. The molecule has 0 bridgehead atoms. The Morgan fingerprint density at radius 1 is 0.857 bits per heavy atom. The Balaban J connectivity index is 1.42. The number of aryl methyl sites for hydroxylation is 2. The SMILES string of the molecule is Cc1ccc(-c2ccc([C@@H]3[C@H]4CN(S(=O)(=O)c5cccc(C)c5)CCCCN4[C@H]3CO)cc2)cc1. The Kier molecular flexibility index (Phi) is 6.82. The highest BCUT2D eigenvalue weighted by molar-refractivity contribution is 7.89. The lowest BCUT2D eigenvalue weighted by atomic mass is 9.74. The van der Waals surface area contributed by atoms with Gasteiger partial charge in [0, 0.05) is 31.1 Å². The highest BCUT2D eigenvalue weighted by Crippen LogP contribution is 2.43. The maximum atomic E-state index is 13.6. The van der Waals surface area contributed by atoms with Crippen molar-refractivity contribution in [3.05, 3.63) is 89.5 Å². The van der Waals surface area contributed by atoms with E-state index in [4.69, 9.17) is 0 Å². The van der Waals surface area contributed by atoms with Gasteiger partial charge in [0.25, 0.3) is 0 Å². The van der Waals surface area contributed by atoms with Gasteiger partial charge in [0.2, 0.25) is 10.0 Å². The molecule has 0 saturated carbocycles. The number of rotatable bonds is 5. The Labute approximate surface area is 209 Å². The fraction of sp³-hybridized carbons (Fsp3) is 0.379. The standard InChI is InChI=1S/C29H34N2O3S/c1-21-8-10-23(11-9-21)24-12-14-25(15-13-24)29-27-19-30(16-3-4-17-31(27)28(29)20-32)35(33,34)26-7-5-6-22(2)18-26/h5-15,18,27-29,32H,3-4,16-17,19-20H2,1-2H3/t27-,28+,29-/m1/s1. The van der Waals surface area contributed by atoms with Crippen molar-refractivity contribution < 1.29 is 13.5 Å². The summed E-state index contributed by atoms with van der Waals surface area (Å²) in [4.78, 5) is 2.68. The Bertz CT molecular complexity index is 1270. The number of hydrogen-bond donors (Lipinski definition) is 1. The van der Waals surface area contributed by atoms with Gasteiger partial charge in [-0.25, -0.2) is 8.42 Å². The van der Waals surface area contributed by atoms with Crippen molar-refractivity contribution in [2.75, 3.05) is 26.2 Å². The lowest BCUT2D eigenvalue weighted by Crippen LogP contribution is -2.67. The third-order valence-corrected chi connectivity index (χ3v) is 9.50. The van der Waals surface area contributed by atoms with Gasteiger partial charge >= 0.3 is 0 Å². The zero-order valence-corrected chi connectivity index (χ0v) is 21.3. The first-order valence-electron chi connectivity index (χ1n) is 12.5. The second kappa shape index (κ2) is 9.86. The van der Waals surface area contributed by atoms with Crippen LogP contribution in [0.25, 0.3) is 11.1 Å². The fourth-order valence-corrected chi connectivity index (χ4v) is 7.30. The van der Waals surface area contributed by atoms with E-state index in [2.05, 4.69) is 60.4 Å². The van der Waals surface area contributed by atoms with E-state index in [-0.39, 0.29) is 24.6 Å². The zero-order chi connectivity index (χ0) is 24.6. The maximum Gasteiger partial charge on any atom is 0.243 e. The number of benzene rings is 3. The quantitative estimate of drug-likeness (QED) is 0.569. The molecule has 35 heavy (non-hydrogen) atoms. The van der Waals surface area contributed by atoms with E-state index >= 15 is 0 Å². The highest BCUT2D eigenvalue weighted by atomic mass is 32.2. The molecule has 6 heteroatoms. The van der Waals surface area contributed by atoms with Crippen molar-refractivity contribution in [1.29, 1.82) is 0 Å². The lowest BCUT2D eigenvalue weighted by molar-refractivity contribution is -0.0553. The molecule has 184 valence electrons. The molecule has 5 rings (SSSR count). The summed E-state index contributed by atoms with van der Waals surface area (Å²) in [6.07, 6.45) is 1.74. The Morgan fingerprint density at radius 2 is 1.51 bits per heavy atom. The average Bonchev–Trinajstić information content (AvgIpc) is 2.84. The smallest absolute Gasteiger partial charge is 0.243 e. The second-order valence-corrected chi connectivity index (χ2v) is 11.9. The average molecular weight is 491 g/mol. The van der Waals surface area contributed by atoms with E-state index in [0.717, 1.165) is 36.1 Å². The molecule has 2 saturated heterocycles. The normalized spacial score (nSPS) is 23.7. The summed E-state index contributed by atoms with van der Waals surface area (Å²) >= 11 is 0. The van der Waals surface area contributed by atoms with Crippen LogP contribution in [-0.2, 0) is 10.0 Å². The molecule has 2 aliphatic rings. The largest absolute Gasteiger partial charge is 0.395 e. The van der Waals surface area contributed by atoms with Crippen LogP contribution in [0.4, 0.5) is 0 Å². The third kappa shape index (κ3) is 4.68. The van der Waals surface area contributed by atoms with Crippen LogP contribution in [-0.4, -0.2) is 61.1 Å². The van der Waals surface area contributed by atoms with E-state index in [9.17, 15) is 13.5 Å². The van der Waals surface area contributed by atoms with Gasteiger partial charge in [-0.3, -0.25) is 4.90 Å². The number of sulfonamides is 1. The Morgan fingerprint density at radius 3 is 2.17 bits per heavy atom. The van der Waals surface area contributed by atoms with Gasteiger partial charge < -0.3 is 5.11 Å². The number of aliphatic hydroxyl groups excluding tert-OH is 1. The van der Waals surface area contributed by atoms with E-state index in [1.165, 1.54) is 11.1 Å². The predicted molar refractivity (Wildman–Crippen MR) is 140 cm³/mol. The molecule has 2 fully saturated rings. The molecular weight excluding hydrogens is 456 g/mol. The summed E-state index contributed by atoms with van der Waals surface area (Å²) in [5, 5.41) is 10.2. The van der Waals surface area contributed by atoms with Crippen molar-refractivity contribution in [2.24, 2.45) is 0 Å². The number of nitrogens with zero attached hydrogens (tertiary/aromatic N) is 2. The van der Waals surface area contributed by atoms with Crippen molar-refractivity contribution >= 4 is 10.0 Å². The van der Waals surface area contributed by atoms with E-state index in [0.29, 0.717) is 18.0 Å². The number of fused-ring (bicyclic) bond motifs is 1. The van der Waals surface area contributed by atoms with Crippen LogP contribution >= 0.6 is 0 Å². The topological polar surface area (TPSA) is 60.9 Å².